The van der Waals surface area contributed by atoms with Gasteiger partial charge in [-0.25, -0.2) is 8.42 Å². The fourth-order valence-corrected chi connectivity index (χ4v) is 4.94. The van der Waals surface area contributed by atoms with E-state index in [1.165, 1.54) is 7.05 Å². The molecule has 0 bridgehead atoms. The molecule has 2 aromatic carbocycles. The second-order valence-electron chi connectivity index (χ2n) is 5.99. The lowest BCUT2D eigenvalue weighted by Crippen LogP contribution is -2.40. The largest absolute Gasteiger partial charge is 0.307 e. The molecular formula is C20H20N2O3S2. The molecule has 0 atom stereocenters. The zero-order chi connectivity index (χ0) is 19.3. The van der Waals surface area contributed by atoms with Gasteiger partial charge in [0.2, 0.25) is 5.91 Å². The van der Waals surface area contributed by atoms with Crippen LogP contribution in [-0.4, -0.2) is 32.2 Å². The summed E-state index contributed by atoms with van der Waals surface area (Å²) in [7, 11) is -2.25. The summed E-state index contributed by atoms with van der Waals surface area (Å²) in [6, 6.07) is 22.1. The van der Waals surface area contributed by atoms with Crippen LogP contribution in [0.4, 0.5) is 5.69 Å². The maximum absolute atomic E-state index is 13.0. The summed E-state index contributed by atoms with van der Waals surface area (Å²) in [5.74, 6) is -0.285. The summed E-state index contributed by atoms with van der Waals surface area (Å²) in [5, 5.41) is 1.70. The Bertz CT molecular complexity index is 973. The van der Waals surface area contributed by atoms with Gasteiger partial charge >= 0.3 is 0 Å². The van der Waals surface area contributed by atoms with E-state index in [1.807, 2.05) is 60.7 Å². The zero-order valence-electron chi connectivity index (χ0n) is 14.9. The van der Waals surface area contributed by atoms with Gasteiger partial charge < -0.3 is 4.90 Å². The lowest BCUT2D eigenvalue weighted by Gasteiger charge is -2.25. The Balaban J connectivity index is 1.83. The van der Waals surface area contributed by atoms with E-state index < -0.39 is 10.0 Å². The van der Waals surface area contributed by atoms with E-state index >= 15 is 0 Å². The molecule has 1 heterocycles. The highest BCUT2D eigenvalue weighted by Gasteiger charge is 2.26. The van der Waals surface area contributed by atoms with Crippen molar-refractivity contribution in [1.82, 2.24) is 4.31 Å². The molecule has 0 aliphatic heterocycles. The average Bonchev–Trinajstić information content (AvgIpc) is 3.23. The third-order valence-electron chi connectivity index (χ3n) is 4.07. The van der Waals surface area contributed by atoms with Crippen LogP contribution in [0.1, 0.15) is 5.56 Å². The Hall–Kier alpha value is -2.48. The van der Waals surface area contributed by atoms with Crippen LogP contribution in [0, 0.1) is 0 Å². The van der Waals surface area contributed by atoms with Crippen molar-refractivity contribution in [2.45, 2.75) is 10.8 Å². The van der Waals surface area contributed by atoms with Crippen LogP contribution in [0.2, 0.25) is 0 Å². The average molecular weight is 401 g/mol. The number of nitrogens with zero attached hydrogens (tertiary/aromatic N) is 2. The SMILES string of the molecule is CN(CC(=O)N(Cc1ccccc1)c1ccccc1)S(=O)(=O)c1cccs1. The summed E-state index contributed by atoms with van der Waals surface area (Å²) in [6.07, 6.45) is 0. The smallest absolute Gasteiger partial charge is 0.252 e. The molecule has 0 aliphatic rings. The molecule has 0 fully saturated rings. The number of para-hydroxylation sites is 1. The van der Waals surface area contributed by atoms with Crippen LogP contribution < -0.4 is 4.90 Å². The number of benzene rings is 2. The summed E-state index contributed by atoms with van der Waals surface area (Å²) in [4.78, 5) is 14.6. The van der Waals surface area contributed by atoms with E-state index in [2.05, 4.69) is 0 Å². The molecule has 0 spiro atoms. The van der Waals surface area contributed by atoms with Crippen molar-refractivity contribution in [1.29, 1.82) is 0 Å². The van der Waals surface area contributed by atoms with E-state index in [4.69, 9.17) is 0 Å². The topological polar surface area (TPSA) is 57.7 Å². The van der Waals surface area contributed by atoms with Crippen LogP contribution in [-0.2, 0) is 21.4 Å². The van der Waals surface area contributed by atoms with Crippen molar-refractivity contribution in [3.05, 3.63) is 83.7 Å². The monoisotopic (exact) mass is 400 g/mol. The van der Waals surface area contributed by atoms with Gasteiger partial charge in [-0.3, -0.25) is 4.79 Å². The number of hydrogen-bond donors (Lipinski definition) is 0. The molecule has 0 aliphatic carbocycles. The highest BCUT2D eigenvalue weighted by molar-refractivity contribution is 7.91. The van der Waals surface area contributed by atoms with E-state index in [0.29, 0.717) is 6.54 Å². The molecule has 0 radical (unpaired) electrons. The molecule has 0 unspecified atom stereocenters. The first-order valence-electron chi connectivity index (χ1n) is 8.37. The van der Waals surface area contributed by atoms with Crippen molar-refractivity contribution in [2.24, 2.45) is 0 Å². The van der Waals surface area contributed by atoms with Gasteiger partial charge in [0.05, 0.1) is 13.1 Å². The number of thiophene rings is 1. The summed E-state index contributed by atoms with van der Waals surface area (Å²) in [6.45, 7) is 0.137. The summed E-state index contributed by atoms with van der Waals surface area (Å²) in [5.41, 5.74) is 1.70. The zero-order valence-corrected chi connectivity index (χ0v) is 16.5. The van der Waals surface area contributed by atoms with Crippen molar-refractivity contribution < 1.29 is 13.2 Å². The molecule has 1 aromatic heterocycles. The quantitative estimate of drug-likeness (QED) is 0.609. The third-order valence-corrected chi connectivity index (χ3v) is 7.25. The standard InChI is InChI=1S/C20H20N2O3S2/c1-21(27(24,25)20-13-8-14-26-20)16-19(23)22(18-11-6-3-7-12-18)15-17-9-4-2-5-10-17/h2-14H,15-16H2,1H3. The van der Waals surface area contributed by atoms with Crippen LogP contribution in [0.5, 0.6) is 0 Å². The number of amides is 1. The van der Waals surface area contributed by atoms with Crippen molar-refractivity contribution >= 4 is 33.0 Å². The van der Waals surface area contributed by atoms with E-state index in [9.17, 15) is 13.2 Å². The van der Waals surface area contributed by atoms with E-state index in [1.54, 1.807) is 22.4 Å². The van der Waals surface area contributed by atoms with Gasteiger partial charge in [-0.15, -0.1) is 11.3 Å². The van der Waals surface area contributed by atoms with Gasteiger partial charge in [-0.1, -0.05) is 54.6 Å². The normalized spacial score (nSPS) is 11.5. The molecule has 0 saturated heterocycles. The van der Waals surface area contributed by atoms with Crippen LogP contribution in [0.3, 0.4) is 0 Å². The Kier molecular flexibility index (Phi) is 6.05. The molecule has 5 nitrogen and oxygen atoms in total. The number of carbonyl (C=O) groups is 1. The molecule has 27 heavy (non-hydrogen) atoms. The maximum atomic E-state index is 13.0. The van der Waals surface area contributed by atoms with Crippen LogP contribution >= 0.6 is 11.3 Å². The van der Waals surface area contributed by atoms with Gasteiger partial charge in [-0.2, -0.15) is 4.31 Å². The maximum Gasteiger partial charge on any atom is 0.252 e. The molecule has 7 heteroatoms. The molecule has 140 valence electrons. The fourth-order valence-electron chi connectivity index (χ4n) is 2.62. The van der Waals surface area contributed by atoms with Gasteiger partial charge in [0, 0.05) is 12.7 Å². The minimum atomic E-state index is -3.67. The van der Waals surface area contributed by atoms with Gasteiger partial charge in [0.1, 0.15) is 4.21 Å². The molecule has 0 saturated carbocycles. The van der Waals surface area contributed by atoms with Crippen molar-refractivity contribution in [2.75, 3.05) is 18.5 Å². The number of anilines is 1. The Morgan fingerprint density at radius 1 is 0.926 bits per heavy atom. The van der Waals surface area contributed by atoms with Gasteiger partial charge in [0.25, 0.3) is 10.0 Å². The van der Waals surface area contributed by atoms with Crippen LogP contribution in [0.25, 0.3) is 0 Å². The second kappa shape index (κ2) is 8.47. The van der Waals surface area contributed by atoms with Crippen molar-refractivity contribution in [3.63, 3.8) is 0 Å². The Morgan fingerprint density at radius 2 is 1.56 bits per heavy atom. The Morgan fingerprint density at radius 3 is 2.15 bits per heavy atom. The molecule has 1 amide bonds. The highest BCUT2D eigenvalue weighted by atomic mass is 32.2. The predicted octanol–water partition coefficient (Wildman–Crippen LogP) is 3.60. The third kappa shape index (κ3) is 4.63. The molecule has 0 N–H and O–H groups in total. The number of rotatable bonds is 7. The molecule has 3 aromatic rings. The number of hydrogen-bond acceptors (Lipinski definition) is 4. The summed E-state index contributed by atoms with van der Waals surface area (Å²) >= 11 is 1.14. The van der Waals surface area contributed by atoms with Crippen LogP contribution in [0.15, 0.2) is 82.4 Å². The number of carbonyl (C=O) groups excluding carboxylic acids is 1. The van der Waals surface area contributed by atoms with E-state index in [-0.39, 0.29) is 16.7 Å². The summed E-state index contributed by atoms with van der Waals surface area (Å²) < 4.78 is 26.6. The van der Waals surface area contributed by atoms with Gasteiger partial charge in [-0.05, 0) is 29.1 Å². The lowest BCUT2D eigenvalue weighted by atomic mass is 10.2. The molecular weight excluding hydrogens is 380 g/mol. The first kappa shape index (κ1) is 19.3. The minimum Gasteiger partial charge on any atom is -0.307 e. The number of likely N-dealkylation sites (N-methyl/N-ethyl adjacent to an activating group) is 1. The predicted molar refractivity (Wildman–Crippen MR) is 108 cm³/mol. The molecule has 3 rings (SSSR count). The van der Waals surface area contributed by atoms with Crippen molar-refractivity contribution in [3.8, 4) is 0 Å². The number of sulfonamides is 1. The van der Waals surface area contributed by atoms with Gasteiger partial charge in [0.15, 0.2) is 0 Å². The second-order valence-corrected chi connectivity index (χ2v) is 9.21. The van der Waals surface area contributed by atoms with E-state index in [0.717, 1.165) is 26.9 Å². The lowest BCUT2D eigenvalue weighted by molar-refractivity contribution is -0.118. The first-order chi connectivity index (χ1) is 13.0. The Labute approximate surface area is 163 Å². The minimum absolute atomic E-state index is 0.229. The first-order valence-corrected chi connectivity index (χ1v) is 10.7. The fraction of sp³-hybridized carbons (Fsp3) is 0.150. The highest BCUT2D eigenvalue weighted by Crippen LogP contribution is 2.21.